The molecule has 18 heavy (non-hydrogen) atoms. The first-order chi connectivity index (χ1) is 8.65. The van der Waals surface area contributed by atoms with Crippen LogP contribution in [0, 0.1) is 12.7 Å². The van der Waals surface area contributed by atoms with E-state index in [1.807, 2.05) is 6.92 Å². The van der Waals surface area contributed by atoms with Crippen LogP contribution in [-0.4, -0.2) is 24.5 Å². The number of amides is 1. The van der Waals surface area contributed by atoms with Gasteiger partial charge in [-0.15, -0.1) is 0 Å². The van der Waals surface area contributed by atoms with Crippen LogP contribution in [0.2, 0.25) is 0 Å². The van der Waals surface area contributed by atoms with Crippen LogP contribution in [0.15, 0.2) is 18.2 Å². The smallest absolute Gasteiger partial charge is 0.244 e. The Morgan fingerprint density at radius 1 is 1.33 bits per heavy atom. The van der Waals surface area contributed by atoms with E-state index in [9.17, 15) is 9.18 Å². The lowest BCUT2D eigenvalue weighted by molar-refractivity contribution is -0.118. The van der Waals surface area contributed by atoms with E-state index in [0.29, 0.717) is 18.3 Å². The number of rotatable bonds is 3. The van der Waals surface area contributed by atoms with Crippen LogP contribution in [0.4, 0.5) is 10.1 Å². The molecule has 1 N–H and O–H groups in total. The Morgan fingerprint density at radius 3 is 2.83 bits per heavy atom. The molecule has 1 heterocycles. The highest BCUT2D eigenvalue weighted by atomic mass is 19.1. The fraction of sp³-hybridized carbons (Fsp3) is 0.500. The second-order valence-electron chi connectivity index (χ2n) is 5.23. The summed E-state index contributed by atoms with van der Waals surface area (Å²) in [7, 11) is 0. The maximum absolute atomic E-state index is 13.8. The summed E-state index contributed by atoms with van der Waals surface area (Å²) in [5.41, 5.74) is 1.39. The van der Waals surface area contributed by atoms with Gasteiger partial charge in [0.25, 0.3) is 0 Å². The largest absolute Gasteiger partial charge is 0.308 e. The summed E-state index contributed by atoms with van der Waals surface area (Å²) in [5.74, 6) is -0.313. The number of hydrogen-bond acceptors (Lipinski definition) is 2. The maximum atomic E-state index is 13.8. The van der Waals surface area contributed by atoms with E-state index in [1.54, 1.807) is 17.0 Å². The summed E-state index contributed by atoms with van der Waals surface area (Å²) in [6, 6.07) is 5.27. The van der Waals surface area contributed by atoms with E-state index in [-0.39, 0.29) is 17.8 Å². The van der Waals surface area contributed by atoms with Crippen molar-refractivity contribution in [3.63, 3.8) is 0 Å². The molecular weight excluding hydrogens is 231 g/mol. The van der Waals surface area contributed by atoms with Crippen molar-refractivity contribution >= 4 is 11.6 Å². The van der Waals surface area contributed by atoms with Gasteiger partial charge in [-0.1, -0.05) is 6.07 Å². The SMILES string of the molecule is Cc1ccc(F)c(N2CCC(NC3CC3)C2=O)c1. The molecule has 3 nitrogen and oxygen atoms in total. The minimum absolute atomic E-state index is 0.00593. The summed E-state index contributed by atoms with van der Waals surface area (Å²) in [4.78, 5) is 13.8. The van der Waals surface area contributed by atoms with E-state index in [2.05, 4.69) is 5.32 Å². The van der Waals surface area contributed by atoms with Crippen molar-refractivity contribution in [2.45, 2.75) is 38.3 Å². The molecule has 1 unspecified atom stereocenters. The number of anilines is 1. The molecule has 0 aromatic heterocycles. The predicted octanol–water partition coefficient (Wildman–Crippen LogP) is 1.99. The molecule has 96 valence electrons. The quantitative estimate of drug-likeness (QED) is 0.887. The standard InChI is InChI=1S/C14H17FN2O/c1-9-2-5-11(15)13(8-9)17-7-6-12(14(17)18)16-10-3-4-10/h2,5,8,10,12,16H,3-4,6-7H2,1H3. The Balaban J connectivity index is 1.80. The van der Waals surface area contributed by atoms with Crippen LogP contribution < -0.4 is 10.2 Å². The number of nitrogens with one attached hydrogen (secondary N) is 1. The number of aryl methyl sites for hydroxylation is 1. The van der Waals surface area contributed by atoms with Crippen LogP contribution >= 0.6 is 0 Å². The van der Waals surface area contributed by atoms with Crippen LogP contribution in [0.25, 0.3) is 0 Å². The van der Waals surface area contributed by atoms with Gasteiger partial charge in [0.05, 0.1) is 11.7 Å². The van der Waals surface area contributed by atoms with Crippen molar-refractivity contribution in [1.82, 2.24) is 5.32 Å². The van der Waals surface area contributed by atoms with E-state index >= 15 is 0 Å². The summed E-state index contributed by atoms with van der Waals surface area (Å²) < 4.78 is 13.8. The van der Waals surface area contributed by atoms with E-state index in [1.165, 1.54) is 6.07 Å². The third kappa shape index (κ3) is 2.12. The lowest BCUT2D eigenvalue weighted by Gasteiger charge is -2.18. The lowest BCUT2D eigenvalue weighted by atomic mass is 10.2. The number of carbonyl (C=O) groups excluding carboxylic acids is 1. The first-order valence-corrected chi connectivity index (χ1v) is 6.49. The first-order valence-electron chi connectivity index (χ1n) is 6.49. The summed E-state index contributed by atoms with van der Waals surface area (Å²) >= 11 is 0. The number of carbonyl (C=O) groups is 1. The number of halogens is 1. The maximum Gasteiger partial charge on any atom is 0.244 e. The Kier molecular flexibility index (Phi) is 2.82. The van der Waals surface area contributed by atoms with E-state index in [0.717, 1.165) is 24.8 Å². The molecule has 1 aliphatic heterocycles. The first kappa shape index (κ1) is 11.7. The monoisotopic (exact) mass is 248 g/mol. The van der Waals surface area contributed by atoms with Gasteiger partial charge in [-0.2, -0.15) is 0 Å². The fourth-order valence-corrected chi connectivity index (χ4v) is 2.44. The molecule has 0 bridgehead atoms. The molecule has 3 rings (SSSR count). The Morgan fingerprint density at radius 2 is 2.11 bits per heavy atom. The highest BCUT2D eigenvalue weighted by molar-refractivity contribution is 5.99. The van der Waals surface area contributed by atoms with Crippen molar-refractivity contribution in [3.05, 3.63) is 29.6 Å². The van der Waals surface area contributed by atoms with Crippen molar-refractivity contribution in [1.29, 1.82) is 0 Å². The topological polar surface area (TPSA) is 32.3 Å². The Bertz CT molecular complexity index is 485. The zero-order valence-corrected chi connectivity index (χ0v) is 10.4. The third-order valence-electron chi connectivity index (χ3n) is 3.61. The third-order valence-corrected chi connectivity index (χ3v) is 3.61. The van der Waals surface area contributed by atoms with E-state index < -0.39 is 0 Å². The molecule has 1 aliphatic carbocycles. The van der Waals surface area contributed by atoms with Gasteiger partial charge < -0.3 is 10.2 Å². The zero-order chi connectivity index (χ0) is 12.7. The molecule has 0 radical (unpaired) electrons. The molecule has 1 atom stereocenters. The number of hydrogen-bond donors (Lipinski definition) is 1. The summed E-state index contributed by atoms with van der Waals surface area (Å²) in [6.07, 6.45) is 3.08. The van der Waals surface area contributed by atoms with Gasteiger partial charge >= 0.3 is 0 Å². The van der Waals surface area contributed by atoms with Crippen molar-refractivity contribution in [3.8, 4) is 0 Å². The lowest BCUT2D eigenvalue weighted by Crippen LogP contribution is -2.39. The second kappa shape index (κ2) is 4.35. The highest BCUT2D eigenvalue weighted by Gasteiger charge is 2.36. The van der Waals surface area contributed by atoms with Crippen LogP contribution in [0.5, 0.6) is 0 Å². The van der Waals surface area contributed by atoms with Crippen molar-refractivity contribution in [2.24, 2.45) is 0 Å². The van der Waals surface area contributed by atoms with Crippen LogP contribution in [0.1, 0.15) is 24.8 Å². The molecule has 1 amide bonds. The minimum atomic E-state index is -0.318. The Labute approximate surface area is 106 Å². The molecule has 1 saturated heterocycles. The van der Waals surface area contributed by atoms with Gasteiger partial charge in [0.2, 0.25) is 5.91 Å². The van der Waals surface area contributed by atoms with Gasteiger partial charge in [0.15, 0.2) is 0 Å². The predicted molar refractivity (Wildman–Crippen MR) is 68.1 cm³/mol. The van der Waals surface area contributed by atoms with Crippen LogP contribution in [0.3, 0.4) is 0 Å². The average Bonchev–Trinajstić information content (AvgIpc) is 3.09. The zero-order valence-electron chi connectivity index (χ0n) is 10.4. The van der Waals surface area contributed by atoms with Gasteiger partial charge in [-0.05, 0) is 43.9 Å². The number of nitrogens with zero attached hydrogens (tertiary/aromatic N) is 1. The highest BCUT2D eigenvalue weighted by Crippen LogP contribution is 2.28. The second-order valence-corrected chi connectivity index (χ2v) is 5.23. The Hall–Kier alpha value is -1.42. The van der Waals surface area contributed by atoms with Crippen molar-refractivity contribution in [2.75, 3.05) is 11.4 Å². The molecule has 2 fully saturated rings. The minimum Gasteiger partial charge on any atom is -0.308 e. The number of benzene rings is 1. The van der Waals surface area contributed by atoms with Gasteiger partial charge in [0, 0.05) is 12.6 Å². The molecule has 2 aliphatic rings. The van der Waals surface area contributed by atoms with Crippen molar-refractivity contribution < 1.29 is 9.18 Å². The molecule has 1 aromatic carbocycles. The molecular formula is C14H17FN2O. The fourth-order valence-electron chi connectivity index (χ4n) is 2.44. The van der Waals surface area contributed by atoms with Gasteiger partial charge in [-0.25, -0.2) is 4.39 Å². The summed E-state index contributed by atoms with van der Waals surface area (Å²) in [5, 5.41) is 3.32. The molecule has 1 saturated carbocycles. The summed E-state index contributed by atoms with van der Waals surface area (Å²) in [6.45, 7) is 2.51. The van der Waals surface area contributed by atoms with Crippen LogP contribution in [-0.2, 0) is 4.79 Å². The normalized spacial score (nSPS) is 23.8. The van der Waals surface area contributed by atoms with E-state index in [4.69, 9.17) is 0 Å². The van der Waals surface area contributed by atoms with Gasteiger partial charge in [0.1, 0.15) is 5.82 Å². The molecule has 4 heteroatoms. The molecule has 0 spiro atoms. The average molecular weight is 248 g/mol. The van der Waals surface area contributed by atoms with Gasteiger partial charge in [-0.3, -0.25) is 4.79 Å². The molecule has 1 aromatic rings.